The summed E-state index contributed by atoms with van der Waals surface area (Å²) in [4.78, 5) is 11.4. The van der Waals surface area contributed by atoms with Gasteiger partial charge in [-0.2, -0.15) is 0 Å². The average Bonchev–Trinajstić information content (AvgIpc) is 3.02. The second kappa shape index (κ2) is 9.03. The van der Waals surface area contributed by atoms with Crippen LogP contribution in [0, 0.1) is 5.92 Å². The molecular weight excluding hydrogens is 322 g/mol. The zero-order valence-corrected chi connectivity index (χ0v) is 16.6. The highest BCUT2D eigenvalue weighted by Crippen LogP contribution is 2.42. The summed E-state index contributed by atoms with van der Waals surface area (Å²) in [7, 11) is 1.72. The van der Waals surface area contributed by atoms with E-state index in [1.807, 2.05) is 6.92 Å². The van der Waals surface area contributed by atoms with Crippen LogP contribution in [0.2, 0.25) is 0 Å². The van der Waals surface area contributed by atoms with Gasteiger partial charge in [0.05, 0.1) is 7.11 Å². The minimum Gasteiger partial charge on any atom is -0.497 e. The van der Waals surface area contributed by atoms with Crippen LogP contribution in [-0.4, -0.2) is 24.5 Å². The molecule has 0 spiro atoms. The molecule has 0 amide bonds. The predicted octanol–water partition coefficient (Wildman–Crippen LogP) is 5.07. The Kier molecular flexibility index (Phi) is 6.74. The largest absolute Gasteiger partial charge is 0.497 e. The fourth-order valence-corrected chi connectivity index (χ4v) is 4.95. The van der Waals surface area contributed by atoms with Gasteiger partial charge in [0.1, 0.15) is 11.5 Å². The van der Waals surface area contributed by atoms with E-state index in [0.29, 0.717) is 23.8 Å². The van der Waals surface area contributed by atoms with Gasteiger partial charge in [-0.1, -0.05) is 31.9 Å². The van der Waals surface area contributed by atoms with E-state index in [0.717, 1.165) is 24.5 Å². The van der Waals surface area contributed by atoms with Crippen LogP contribution in [0.25, 0.3) is 0 Å². The molecule has 3 heteroatoms. The highest BCUT2D eigenvalue weighted by molar-refractivity contribution is 5.77. The van der Waals surface area contributed by atoms with Crippen LogP contribution in [0.4, 0.5) is 0 Å². The number of unbranched alkanes of at least 4 members (excludes halogenated alkanes) is 2. The van der Waals surface area contributed by atoms with Gasteiger partial charge in [-0.05, 0) is 68.6 Å². The zero-order valence-electron chi connectivity index (χ0n) is 16.6. The van der Waals surface area contributed by atoms with Crippen LogP contribution in [0.5, 0.6) is 5.75 Å². The van der Waals surface area contributed by atoms with Crippen LogP contribution < -0.4 is 10.1 Å². The summed E-state index contributed by atoms with van der Waals surface area (Å²) < 4.78 is 5.26. The second-order valence-electron chi connectivity index (χ2n) is 8.37. The van der Waals surface area contributed by atoms with Gasteiger partial charge in [0.25, 0.3) is 0 Å². The van der Waals surface area contributed by atoms with Crippen LogP contribution in [-0.2, 0) is 11.2 Å². The van der Waals surface area contributed by atoms with Gasteiger partial charge in [-0.3, -0.25) is 4.79 Å². The molecule has 2 fully saturated rings. The van der Waals surface area contributed by atoms with Crippen LogP contribution in [0.1, 0.15) is 76.7 Å². The third-order valence-electron chi connectivity index (χ3n) is 6.65. The number of hydrogen-bond acceptors (Lipinski definition) is 3. The molecule has 2 bridgehead atoms. The number of benzene rings is 1. The fourth-order valence-electron chi connectivity index (χ4n) is 4.95. The van der Waals surface area contributed by atoms with Crippen molar-refractivity contribution in [3.05, 3.63) is 29.8 Å². The molecule has 26 heavy (non-hydrogen) atoms. The van der Waals surface area contributed by atoms with E-state index >= 15 is 0 Å². The number of rotatable bonds is 10. The van der Waals surface area contributed by atoms with Crippen molar-refractivity contribution in [2.45, 2.75) is 89.1 Å². The first kappa shape index (κ1) is 19.4. The summed E-state index contributed by atoms with van der Waals surface area (Å²) in [5.41, 5.74) is 1.83. The summed E-state index contributed by atoms with van der Waals surface area (Å²) in [6.07, 6.45) is 12.8. The number of fused-ring (bicyclic) bond motifs is 2. The number of carbonyl (C=O) groups is 1. The molecule has 3 unspecified atom stereocenters. The highest BCUT2D eigenvalue weighted by atomic mass is 16.5. The Labute approximate surface area is 158 Å². The molecule has 1 N–H and O–H groups in total. The molecule has 144 valence electrons. The Balaban J connectivity index is 1.43. The quantitative estimate of drug-likeness (QED) is 0.594. The average molecular weight is 358 g/mol. The van der Waals surface area contributed by atoms with E-state index in [-0.39, 0.29) is 0 Å². The fraction of sp³-hybridized carbons (Fsp3) is 0.696. The number of ketones is 1. The van der Waals surface area contributed by atoms with E-state index in [4.69, 9.17) is 4.74 Å². The highest BCUT2D eigenvalue weighted by Gasteiger charge is 2.44. The summed E-state index contributed by atoms with van der Waals surface area (Å²) in [5.74, 6) is 2.12. The van der Waals surface area contributed by atoms with Crippen molar-refractivity contribution < 1.29 is 9.53 Å². The molecule has 2 heterocycles. The van der Waals surface area contributed by atoms with Crippen molar-refractivity contribution in [3.63, 3.8) is 0 Å². The summed E-state index contributed by atoms with van der Waals surface area (Å²) in [6.45, 7) is 1.97. The lowest BCUT2D eigenvalue weighted by Crippen LogP contribution is -2.50. The first-order chi connectivity index (χ1) is 12.6. The van der Waals surface area contributed by atoms with Gasteiger partial charge in [-0.15, -0.1) is 0 Å². The van der Waals surface area contributed by atoms with Crippen LogP contribution in [0.3, 0.4) is 0 Å². The van der Waals surface area contributed by atoms with Crippen molar-refractivity contribution >= 4 is 5.78 Å². The number of ether oxygens (including phenoxy) is 1. The van der Waals surface area contributed by atoms with E-state index in [2.05, 4.69) is 29.6 Å². The van der Waals surface area contributed by atoms with Gasteiger partial charge < -0.3 is 10.1 Å². The van der Waals surface area contributed by atoms with Gasteiger partial charge in [0.15, 0.2) is 0 Å². The van der Waals surface area contributed by atoms with Crippen LogP contribution in [0.15, 0.2) is 24.3 Å². The maximum atomic E-state index is 11.4. The van der Waals surface area contributed by atoms with E-state index in [1.54, 1.807) is 7.11 Å². The third-order valence-corrected chi connectivity index (χ3v) is 6.65. The number of piperidine rings is 1. The third kappa shape index (κ3) is 4.88. The smallest absolute Gasteiger partial charge is 0.132 e. The van der Waals surface area contributed by atoms with Crippen molar-refractivity contribution in [2.24, 2.45) is 5.92 Å². The van der Waals surface area contributed by atoms with Gasteiger partial charge in [0.2, 0.25) is 0 Å². The Hall–Kier alpha value is -1.35. The first-order valence-corrected chi connectivity index (χ1v) is 10.6. The molecule has 0 aromatic heterocycles. The molecule has 1 aromatic rings. The zero-order chi connectivity index (χ0) is 18.4. The van der Waals surface area contributed by atoms with Crippen molar-refractivity contribution in [1.82, 2.24) is 5.32 Å². The lowest BCUT2D eigenvalue weighted by Gasteiger charge is -2.39. The van der Waals surface area contributed by atoms with Crippen molar-refractivity contribution in [2.75, 3.05) is 7.11 Å². The minimum atomic E-state index is 0.399. The maximum absolute atomic E-state index is 11.4. The number of carbonyl (C=O) groups excluding carboxylic acids is 1. The lowest BCUT2D eigenvalue weighted by atomic mass is 9.80. The Bertz CT molecular complexity index is 582. The minimum absolute atomic E-state index is 0.399. The Morgan fingerprint density at radius 3 is 2.65 bits per heavy atom. The molecule has 3 rings (SSSR count). The molecule has 2 saturated heterocycles. The van der Waals surface area contributed by atoms with E-state index < -0.39 is 0 Å². The molecule has 0 saturated carbocycles. The van der Waals surface area contributed by atoms with E-state index in [9.17, 15) is 4.79 Å². The van der Waals surface area contributed by atoms with Crippen LogP contribution >= 0.6 is 0 Å². The Morgan fingerprint density at radius 2 is 1.92 bits per heavy atom. The van der Waals surface area contributed by atoms with Gasteiger partial charge >= 0.3 is 0 Å². The second-order valence-corrected chi connectivity index (χ2v) is 8.37. The molecule has 2 aliphatic heterocycles. The van der Waals surface area contributed by atoms with Gasteiger partial charge in [0, 0.05) is 24.4 Å². The molecule has 0 radical (unpaired) electrons. The topological polar surface area (TPSA) is 38.3 Å². The standard InChI is InChI=1S/C23H35NO2/c1-3-20(25)7-5-4-6-14-23-15-12-19(22(24-23)13-16-23)17-18-8-10-21(26-2)11-9-18/h8-11,19,22,24H,3-7,12-17H2,1-2H3. The molecule has 0 aliphatic carbocycles. The van der Waals surface area contributed by atoms with Gasteiger partial charge in [-0.25, -0.2) is 0 Å². The maximum Gasteiger partial charge on any atom is 0.132 e. The van der Waals surface area contributed by atoms with Crippen molar-refractivity contribution in [3.8, 4) is 5.75 Å². The Morgan fingerprint density at radius 1 is 1.15 bits per heavy atom. The molecular formula is C23H35NO2. The lowest BCUT2D eigenvalue weighted by molar-refractivity contribution is -0.118. The molecule has 3 nitrogen and oxygen atoms in total. The SMILES string of the molecule is CCC(=O)CCCCCC12CCC(Cc3ccc(OC)cc3)C(CC1)N2. The summed E-state index contributed by atoms with van der Waals surface area (Å²) in [5, 5.41) is 4.02. The van der Waals surface area contributed by atoms with E-state index in [1.165, 1.54) is 56.9 Å². The number of methoxy groups -OCH3 is 1. The number of Topliss-reactive ketones (excluding diaryl/α,β-unsaturated/α-hetero) is 1. The predicted molar refractivity (Wildman–Crippen MR) is 107 cm³/mol. The first-order valence-electron chi connectivity index (χ1n) is 10.6. The summed E-state index contributed by atoms with van der Waals surface area (Å²) >= 11 is 0. The molecule has 2 aliphatic rings. The van der Waals surface area contributed by atoms with Crippen molar-refractivity contribution in [1.29, 1.82) is 0 Å². The normalized spacial score (nSPS) is 27.5. The monoisotopic (exact) mass is 357 g/mol. The number of hydrogen-bond donors (Lipinski definition) is 1. The molecule has 3 atom stereocenters. The molecule has 1 aromatic carbocycles. The number of nitrogens with one attached hydrogen (secondary N) is 1. The summed E-state index contributed by atoms with van der Waals surface area (Å²) in [6, 6.07) is 9.27.